The molecule has 0 saturated carbocycles. The van der Waals surface area contributed by atoms with Crippen LogP contribution in [0, 0.1) is 17.1 Å². The molecule has 0 saturated heterocycles. The summed E-state index contributed by atoms with van der Waals surface area (Å²) in [5.41, 5.74) is 6.51. The Balaban J connectivity index is 2.05. The lowest BCUT2D eigenvalue weighted by atomic mass is 10.2. The molecule has 0 fully saturated rings. The van der Waals surface area contributed by atoms with Crippen LogP contribution in [0.1, 0.15) is 11.1 Å². The molecule has 8 heteroatoms. The highest BCUT2D eigenvalue weighted by Crippen LogP contribution is 2.35. The molecule has 21 heavy (non-hydrogen) atoms. The van der Waals surface area contributed by atoms with Gasteiger partial charge in [-0.15, -0.1) is 11.8 Å². The standard InChI is InChI=1S/C13H10FN3OS3/c14-9-3-1-8(2-4-9)6-19-12-10(5-15)13(21-17-12)20-7-11(16)18/h1-4H,6-7H2,(H2,16,18). The van der Waals surface area contributed by atoms with Crippen LogP contribution in [0.3, 0.4) is 0 Å². The van der Waals surface area contributed by atoms with Crippen LogP contribution in [0.25, 0.3) is 0 Å². The second-order valence-corrected chi connectivity index (χ2v) is 6.91. The fourth-order valence-electron chi connectivity index (χ4n) is 1.42. The van der Waals surface area contributed by atoms with E-state index in [4.69, 9.17) is 5.73 Å². The zero-order valence-electron chi connectivity index (χ0n) is 10.7. The minimum Gasteiger partial charge on any atom is -0.369 e. The highest BCUT2D eigenvalue weighted by molar-refractivity contribution is 8.02. The monoisotopic (exact) mass is 339 g/mol. The van der Waals surface area contributed by atoms with Gasteiger partial charge in [0.2, 0.25) is 5.91 Å². The van der Waals surface area contributed by atoms with E-state index in [0.29, 0.717) is 20.6 Å². The van der Waals surface area contributed by atoms with E-state index < -0.39 is 5.91 Å². The van der Waals surface area contributed by atoms with Gasteiger partial charge in [0.05, 0.1) is 5.75 Å². The lowest BCUT2D eigenvalue weighted by Crippen LogP contribution is -2.12. The summed E-state index contributed by atoms with van der Waals surface area (Å²) in [6.45, 7) is 0. The minimum absolute atomic E-state index is 0.124. The summed E-state index contributed by atoms with van der Waals surface area (Å²) in [7, 11) is 0. The van der Waals surface area contributed by atoms with Crippen molar-refractivity contribution in [1.82, 2.24) is 4.37 Å². The number of hydrogen-bond donors (Lipinski definition) is 1. The molecule has 1 amide bonds. The number of thioether (sulfide) groups is 2. The van der Waals surface area contributed by atoms with Crippen LogP contribution >= 0.6 is 35.1 Å². The van der Waals surface area contributed by atoms with Gasteiger partial charge in [-0.3, -0.25) is 4.79 Å². The normalized spacial score (nSPS) is 10.3. The van der Waals surface area contributed by atoms with Crippen molar-refractivity contribution in [2.24, 2.45) is 5.73 Å². The van der Waals surface area contributed by atoms with E-state index >= 15 is 0 Å². The second-order valence-electron chi connectivity index (χ2n) is 3.93. The molecule has 0 aliphatic rings. The molecule has 0 unspecified atom stereocenters. The lowest BCUT2D eigenvalue weighted by Gasteiger charge is -2.00. The van der Waals surface area contributed by atoms with Crippen LogP contribution in [0.15, 0.2) is 33.5 Å². The van der Waals surface area contributed by atoms with Gasteiger partial charge in [0.15, 0.2) is 0 Å². The number of nitrogens with zero attached hydrogens (tertiary/aromatic N) is 2. The van der Waals surface area contributed by atoms with E-state index in [1.54, 1.807) is 12.1 Å². The van der Waals surface area contributed by atoms with E-state index in [9.17, 15) is 14.4 Å². The number of amides is 1. The Morgan fingerprint density at radius 1 is 1.38 bits per heavy atom. The fourth-order valence-corrected chi connectivity index (χ4v) is 4.21. The number of primary amides is 1. The van der Waals surface area contributed by atoms with Crippen molar-refractivity contribution >= 4 is 41.0 Å². The molecular formula is C13H10FN3OS3. The fraction of sp³-hybridized carbons (Fsp3) is 0.154. The molecule has 2 rings (SSSR count). The average Bonchev–Trinajstić information content (AvgIpc) is 2.86. The SMILES string of the molecule is N#Cc1c(SCc2ccc(F)cc2)nsc1SCC(N)=O. The maximum absolute atomic E-state index is 12.8. The van der Waals surface area contributed by atoms with E-state index in [2.05, 4.69) is 10.4 Å². The summed E-state index contributed by atoms with van der Waals surface area (Å²) in [5.74, 6) is 0.00968. The Morgan fingerprint density at radius 2 is 2.10 bits per heavy atom. The number of carbonyl (C=O) groups is 1. The molecule has 2 N–H and O–H groups in total. The Labute approximate surface area is 133 Å². The van der Waals surface area contributed by atoms with Crippen LogP contribution < -0.4 is 5.73 Å². The highest BCUT2D eigenvalue weighted by atomic mass is 32.2. The molecule has 1 aromatic heterocycles. The van der Waals surface area contributed by atoms with Crippen LogP contribution in [0.5, 0.6) is 0 Å². The van der Waals surface area contributed by atoms with Gasteiger partial charge < -0.3 is 5.73 Å². The van der Waals surface area contributed by atoms with Gasteiger partial charge in [0.1, 0.15) is 26.7 Å². The first-order chi connectivity index (χ1) is 10.1. The van der Waals surface area contributed by atoms with E-state index in [1.807, 2.05) is 0 Å². The zero-order chi connectivity index (χ0) is 15.2. The van der Waals surface area contributed by atoms with Crippen molar-refractivity contribution in [3.63, 3.8) is 0 Å². The van der Waals surface area contributed by atoms with Crippen LogP contribution in [0.4, 0.5) is 4.39 Å². The molecule has 108 valence electrons. The number of hydrogen-bond acceptors (Lipinski definition) is 6. The average molecular weight is 339 g/mol. The molecule has 1 aromatic carbocycles. The Morgan fingerprint density at radius 3 is 2.71 bits per heavy atom. The third-order valence-corrected chi connectivity index (χ3v) is 5.65. The van der Waals surface area contributed by atoms with Crippen molar-refractivity contribution < 1.29 is 9.18 Å². The molecule has 0 bridgehead atoms. The van der Waals surface area contributed by atoms with Crippen molar-refractivity contribution in [3.8, 4) is 6.07 Å². The first kappa shape index (κ1) is 15.8. The number of benzene rings is 1. The maximum Gasteiger partial charge on any atom is 0.227 e. The minimum atomic E-state index is -0.433. The summed E-state index contributed by atoms with van der Waals surface area (Å²) in [6.07, 6.45) is 0. The van der Waals surface area contributed by atoms with Gasteiger partial charge in [-0.05, 0) is 29.2 Å². The molecule has 1 heterocycles. The molecule has 0 aliphatic heterocycles. The Kier molecular flexibility index (Phi) is 5.61. The molecule has 0 atom stereocenters. The molecule has 0 aliphatic carbocycles. The lowest BCUT2D eigenvalue weighted by molar-refractivity contribution is -0.115. The van der Waals surface area contributed by atoms with Crippen LogP contribution in [-0.2, 0) is 10.5 Å². The molecule has 0 radical (unpaired) electrons. The van der Waals surface area contributed by atoms with Crippen molar-refractivity contribution in [2.45, 2.75) is 15.0 Å². The third-order valence-electron chi connectivity index (χ3n) is 2.38. The topological polar surface area (TPSA) is 79.8 Å². The number of rotatable bonds is 6. The maximum atomic E-state index is 12.8. The summed E-state index contributed by atoms with van der Waals surface area (Å²) >= 11 is 3.81. The van der Waals surface area contributed by atoms with E-state index in [1.165, 1.54) is 47.2 Å². The third kappa shape index (κ3) is 4.46. The second kappa shape index (κ2) is 7.45. The number of nitrogens with two attached hydrogens (primary N) is 1. The van der Waals surface area contributed by atoms with Crippen LogP contribution in [-0.4, -0.2) is 16.0 Å². The Bertz CT molecular complexity index is 679. The van der Waals surface area contributed by atoms with Gasteiger partial charge in [-0.25, -0.2) is 4.39 Å². The predicted octanol–water partition coefficient (Wildman–Crippen LogP) is 3.02. The summed E-state index contributed by atoms with van der Waals surface area (Å²) in [4.78, 5) is 10.8. The summed E-state index contributed by atoms with van der Waals surface area (Å²) in [6, 6.07) is 8.30. The highest BCUT2D eigenvalue weighted by Gasteiger charge is 2.15. The number of halogens is 1. The van der Waals surface area contributed by atoms with Crippen molar-refractivity contribution in [2.75, 3.05) is 5.75 Å². The number of aromatic nitrogens is 1. The summed E-state index contributed by atoms with van der Waals surface area (Å²) < 4.78 is 17.7. The van der Waals surface area contributed by atoms with E-state index in [-0.39, 0.29) is 11.6 Å². The van der Waals surface area contributed by atoms with Gasteiger partial charge in [0.25, 0.3) is 0 Å². The number of nitriles is 1. The number of carbonyl (C=O) groups excluding carboxylic acids is 1. The van der Waals surface area contributed by atoms with Crippen molar-refractivity contribution in [3.05, 3.63) is 41.2 Å². The van der Waals surface area contributed by atoms with E-state index in [0.717, 1.165) is 5.56 Å². The van der Waals surface area contributed by atoms with Crippen LogP contribution in [0.2, 0.25) is 0 Å². The van der Waals surface area contributed by atoms with Gasteiger partial charge in [-0.1, -0.05) is 23.9 Å². The Hall–Kier alpha value is -1.56. The molecular weight excluding hydrogens is 329 g/mol. The molecule has 2 aromatic rings. The molecule has 4 nitrogen and oxygen atoms in total. The van der Waals surface area contributed by atoms with Gasteiger partial charge >= 0.3 is 0 Å². The molecule has 0 spiro atoms. The van der Waals surface area contributed by atoms with Crippen molar-refractivity contribution in [1.29, 1.82) is 5.26 Å². The predicted molar refractivity (Wildman–Crippen MR) is 82.7 cm³/mol. The van der Waals surface area contributed by atoms with Gasteiger partial charge in [0, 0.05) is 5.75 Å². The smallest absolute Gasteiger partial charge is 0.227 e. The first-order valence-corrected chi connectivity index (χ1v) is 8.52. The zero-order valence-corrected chi connectivity index (χ0v) is 13.2. The van der Waals surface area contributed by atoms with Gasteiger partial charge in [-0.2, -0.15) is 9.64 Å². The summed E-state index contributed by atoms with van der Waals surface area (Å²) in [5, 5.41) is 9.84. The quantitative estimate of drug-likeness (QED) is 0.818. The largest absolute Gasteiger partial charge is 0.369 e. The first-order valence-electron chi connectivity index (χ1n) is 5.78.